The topological polar surface area (TPSA) is 34.0 Å². The summed E-state index contributed by atoms with van der Waals surface area (Å²) in [5.74, 6) is 1.54. The SMILES string of the molecule is CC1(C)c2ccccc2-c2cc3c4cc(-c5cccc(N(c6cccc7ccccc67)c6cccc7ccccc67)c5)ccc4n(-c4nc(-c5ccccc5)ncc4-c4ccccc4)c3cc21. The molecule has 0 radical (unpaired) electrons. The van der Waals surface area contributed by atoms with Crippen LogP contribution in [0.5, 0.6) is 0 Å². The first-order valence-corrected chi connectivity index (χ1v) is 23.1. The largest absolute Gasteiger partial charge is 0.309 e. The summed E-state index contributed by atoms with van der Waals surface area (Å²) in [6.45, 7) is 4.71. The predicted octanol–water partition coefficient (Wildman–Crippen LogP) is 16.7. The van der Waals surface area contributed by atoms with E-state index in [1.807, 2.05) is 24.4 Å². The number of hydrogen-bond acceptors (Lipinski definition) is 3. The summed E-state index contributed by atoms with van der Waals surface area (Å²) in [5.41, 5.74) is 15.9. The first kappa shape index (κ1) is 38.8. The molecule has 2 aromatic heterocycles. The van der Waals surface area contributed by atoms with E-state index in [9.17, 15) is 0 Å². The molecule has 0 spiro atoms. The van der Waals surface area contributed by atoms with Crippen LogP contribution < -0.4 is 4.90 Å². The molecule has 4 heteroatoms. The number of anilines is 3. The Morgan fingerprint density at radius 3 is 1.72 bits per heavy atom. The first-order valence-electron chi connectivity index (χ1n) is 23.1. The van der Waals surface area contributed by atoms with Gasteiger partial charge in [0, 0.05) is 50.0 Å². The van der Waals surface area contributed by atoms with E-state index in [-0.39, 0.29) is 5.41 Å². The van der Waals surface area contributed by atoms with Gasteiger partial charge in [0.25, 0.3) is 0 Å². The van der Waals surface area contributed by atoms with Crippen molar-refractivity contribution in [1.82, 2.24) is 14.5 Å². The molecular formula is C63H44N4. The van der Waals surface area contributed by atoms with Crippen LogP contribution >= 0.6 is 0 Å². The Bertz CT molecular complexity index is 3810. The van der Waals surface area contributed by atoms with Crippen LogP contribution in [0.1, 0.15) is 25.0 Å². The maximum atomic E-state index is 5.49. The van der Waals surface area contributed by atoms with Crippen LogP contribution in [0.25, 0.3) is 93.9 Å². The van der Waals surface area contributed by atoms with Crippen LogP contribution in [0.3, 0.4) is 0 Å². The van der Waals surface area contributed by atoms with Gasteiger partial charge in [0.15, 0.2) is 5.82 Å². The molecule has 0 saturated heterocycles. The highest BCUT2D eigenvalue weighted by Gasteiger charge is 2.36. The van der Waals surface area contributed by atoms with Crippen molar-refractivity contribution in [3.8, 4) is 50.6 Å². The minimum Gasteiger partial charge on any atom is -0.309 e. The zero-order chi connectivity index (χ0) is 44.6. The van der Waals surface area contributed by atoms with Crippen LogP contribution in [0.15, 0.2) is 231 Å². The second-order valence-corrected chi connectivity index (χ2v) is 18.2. The highest BCUT2D eigenvalue weighted by molar-refractivity contribution is 6.13. The van der Waals surface area contributed by atoms with Gasteiger partial charge >= 0.3 is 0 Å². The normalized spacial score (nSPS) is 12.7. The van der Waals surface area contributed by atoms with Gasteiger partial charge in [-0.15, -0.1) is 0 Å². The molecule has 2 heterocycles. The first-order chi connectivity index (χ1) is 33.0. The Balaban J connectivity index is 1.06. The molecule has 316 valence electrons. The number of fused-ring (bicyclic) bond motifs is 8. The molecule has 13 rings (SSSR count). The maximum absolute atomic E-state index is 5.49. The van der Waals surface area contributed by atoms with Crippen molar-refractivity contribution in [3.05, 3.63) is 242 Å². The van der Waals surface area contributed by atoms with E-state index in [4.69, 9.17) is 9.97 Å². The van der Waals surface area contributed by atoms with Crippen molar-refractivity contribution >= 4 is 60.4 Å². The maximum Gasteiger partial charge on any atom is 0.161 e. The molecule has 0 amide bonds. The average molecular weight is 857 g/mol. The molecule has 10 aromatic carbocycles. The van der Waals surface area contributed by atoms with Crippen molar-refractivity contribution in [3.63, 3.8) is 0 Å². The minimum absolute atomic E-state index is 0.184. The Kier molecular flexibility index (Phi) is 8.84. The smallest absolute Gasteiger partial charge is 0.161 e. The molecule has 1 aliphatic carbocycles. The van der Waals surface area contributed by atoms with Gasteiger partial charge in [-0.05, 0) is 98.2 Å². The highest BCUT2D eigenvalue weighted by atomic mass is 15.1. The number of rotatable bonds is 7. The average Bonchev–Trinajstić information content (AvgIpc) is 3.83. The zero-order valence-electron chi connectivity index (χ0n) is 37.2. The second kappa shape index (κ2) is 15.3. The van der Waals surface area contributed by atoms with E-state index in [2.05, 4.69) is 230 Å². The van der Waals surface area contributed by atoms with Crippen LogP contribution in [-0.2, 0) is 5.41 Å². The van der Waals surface area contributed by atoms with Gasteiger partial charge in [-0.2, -0.15) is 0 Å². The van der Waals surface area contributed by atoms with Gasteiger partial charge in [0.2, 0.25) is 0 Å². The lowest BCUT2D eigenvalue weighted by Gasteiger charge is -2.28. The zero-order valence-corrected chi connectivity index (χ0v) is 37.2. The van der Waals surface area contributed by atoms with Gasteiger partial charge in [-0.25, -0.2) is 9.97 Å². The van der Waals surface area contributed by atoms with Gasteiger partial charge in [0.1, 0.15) is 5.82 Å². The number of benzene rings is 10. The third-order valence-electron chi connectivity index (χ3n) is 14.0. The van der Waals surface area contributed by atoms with Crippen molar-refractivity contribution in [1.29, 1.82) is 0 Å². The van der Waals surface area contributed by atoms with E-state index < -0.39 is 0 Å². The Labute approximate surface area is 389 Å². The van der Waals surface area contributed by atoms with E-state index in [1.54, 1.807) is 0 Å². The summed E-state index contributed by atoms with van der Waals surface area (Å²) in [7, 11) is 0. The Morgan fingerprint density at radius 1 is 0.403 bits per heavy atom. The number of nitrogens with zero attached hydrogens (tertiary/aromatic N) is 4. The fourth-order valence-electron chi connectivity index (χ4n) is 10.8. The fraction of sp³-hybridized carbons (Fsp3) is 0.0476. The molecule has 12 aromatic rings. The van der Waals surface area contributed by atoms with Crippen molar-refractivity contribution in [2.45, 2.75) is 19.3 Å². The molecule has 1 aliphatic rings. The van der Waals surface area contributed by atoms with Gasteiger partial charge < -0.3 is 4.90 Å². The lowest BCUT2D eigenvalue weighted by molar-refractivity contribution is 0.661. The van der Waals surface area contributed by atoms with Crippen LogP contribution in [0, 0.1) is 0 Å². The summed E-state index contributed by atoms with van der Waals surface area (Å²) < 4.78 is 2.39. The Hall–Kier alpha value is -8.60. The van der Waals surface area contributed by atoms with Gasteiger partial charge in [0.05, 0.1) is 22.4 Å². The van der Waals surface area contributed by atoms with E-state index >= 15 is 0 Å². The summed E-state index contributed by atoms with van der Waals surface area (Å²) in [4.78, 5) is 12.9. The molecule has 0 saturated carbocycles. The monoisotopic (exact) mass is 856 g/mol. The van der Waals surface area contributed by atoms with Gasteiger partial charge in [-0.3, -0.25) is 4.57 Å². The highest BCUT2D eigenvalue weighted by Crippen LogP contribution is 2.52. The molecule has 0 atom stereocenters. The number of aromatic nitrogens is 3. The van der Waals surface area contributed by atoms with Crippen LogP contribution in [0.2, 0.25) is 0 Å². The molecule has 0 aliphatic heterocycles. The minimum atomic E-state index is -0.184. The molecule has 67 heavy (non-hydrogen) atoms. The van der Waals surface area contributed by atoms with E-state index in [0.29, 0.717) is 5.82 Å². The van der Waals surface area contributed by atoms with E-state index in [1.165, 1.54) is 54.6 Å². The third kappa shape index (κ3) is 6.21. The summed E-state index contributed by atoms with van der Waals surface area (Å²) in [6, 6.07) is 81.3. The van der Waals surface area contributed by atoms with Crippen LogP contribution in [-0.4, -0.2) is 14.5 Å². The quantitative estimate of drug-likeness (QED) is 0.160. The summed E-state index contributed by atoms with van der Waals surface area (Å²) in [5, 5.41) is 7.16. The van der Waals surface area contributed by atoms with Crippen molar-refractivity contribution < 1.29 is 0 Å². The summed E-state index contributed by atoms with van der Waals surface area (Å²) in [6.07, 6.45) is 2.00. The van der Waals surface area contributed by atoms with Gasteiger partial charge in [-0.1, -0.05) is 190 Å². The van der Waals surface area contributed by atoms with E-state index in [0.717, 1.165) is 61.7 Å². The third-order valence-corrected chi connectivity index (χ3v) is 14.0. The Morgan fingerprint density at radius 2 is 0.985 bits per heavy atom. The van der Waals surface area contributed by atoms with Crippen molar-refractivity contribution in [2.24, 2.45) is 0 Å². The lowest BCUT2D eigenvalue weighted by Crippen LogP contribution is -2.15. The molecular weight excluding hydrogens is 813 g/mol. The molecule has 0 unspecified atom stereocenters. The molecule has 0 fully saturated rings. The van der Waals surface area contributed by atoms with Crippen LogP contribution in [0.4, 0.5) is 17.1 Å². The summed E-state index contributed by atoms with van der Waals surface area (Å²) >= 11 is 0. The molecule has 0 bridgehead atoms. The number of hydrogen-bond donors (Lipinski definition) is 0. The standard InChI is InChI=1S/C63H44N4/c1-63(2)55-31-14-13-30-50(55)51-38-53-52-37-46(34-35-59(52)67(60(53)39-56(51)63)62-54(43-18-5-3-6-19-43)40-64-61(65-62)44-22-7-4-8-23-44)45-26-15-27-47(36-45)66(57-32-16-24-41-20-9-11-28-48(41)57)58-33-17-25-42-21-10-12-29-49(42)58/h3-40H,1-2H3. The molecule has 0 N–H and O–H groups in total. The lowest BCUT2D eigenvalue weighted by atomic mass is 9.82. The fourth-order valence-corrected chi connectivity index (χ4v) is 10.8. The second-order valence-electron chi connectivity index (χ2n) is 18.2. The van der Waals surface area contributed by atoms with Crippen molar-refractivity contribution in [2.75, 3.05) is 4.90 Å². The predicted molar refractivity (Wildman–Crippen MR) is 280 cm³/mol. The molecule has 4 nitrogen and oxygen atoms in total.